The fourth-order valence-corrected chi connectivity index (χ4v) is 2.73. The van der Waals surface area contributed by atoms with Crippen LogP contribution in [0.4, 0.5) is 0 Å². The lowest BCUT2D eigenvalue weighted by molar-refractivity contribution is 0.0927. The van der Waals surface area contributed by atoms with Crippen LogP contribution in [0.15, 0.2) is 0 Å². The highest BCUT2D eigenvalue weighted by molar-refractivity contribution is 5.97. The first kappa shape index (κ1) is 17.5. The van der Waals surface area contributed by atoms with Gasteiger partial charge in [0.1, 0.15) is 5.69 Å². The summed E-state index contributed by atoms with van der Waals surface area (Å²) in [7, 11) is 1.63. The molecular formula is C16H26N4O3. The molecule has 0 aliphatic carbocycles. The predicted octanol–water partition coefficient (Wildman–Crippen LogP) is 1.12. The van der Waals surface area contributed by atoms with Crippen LogP contribution in [0.2, 0.25) is 0 Å². The molecular weight excluding hydrogens is 296 g/mol. The molecule has 1 aliphatic heterocycles. The smallest absolute Gasteiger partial charge is 0.287 e. The second-order valence-corrected chi connectivity index (χ2v) is 6.07. The molecule has 0 atom stereocenters. The number of hydrogen-bond donors (Lipinski definition) is 2. The Balaban J connectivity index is 2.17. The lowest BCUT2D eigenvalue weighted by Crippen LogP contribution is -2.33. The lowest BCUT2D eigenvalue weighted by atomic mass is 10.1. The standard InChI is InChI=1S/C16H26N4O3/c1-11(2)18-16(22)14-19-13(12-7-4-5-9-20(12)14)15(21)17-8-6-10-23-3/h11H,4-10H2,1-3H3,(H,17,21)(H,18,22). The van der Waals surface area contributed by atoms with Gasteiger partial charge in [-0.2, -0.15) is 0 Å². The molecule has 0 spiro atoms. The Kier molecular flexibility index (Phi) is 6.15. The van der Waals surface area contributed by atoms with E-state index >= 15 is 0 Å². The second-order valence-electron chi connectivity index (χ2n) is 6.07. The average molecular weight is 322 g/mol. The van der Waals surface area contributed by atoms with Crippen molar-refractivity contribution in [3.63, 3.8) is 0 Å². The summed E-state index contributed by atoms with van der Waals surface area (Å²) in [5.74, 6) is -0.0904. The van der Waals surface area contributed by atoms with Crippen molar-refractivity contribution in [2.75, 3.05) is 20.3 Å². The van der Waals surface area contributed by atoms with E-state index in [0.717, 1.165) is 37.9 Å². The molecule has 0 saturated carbocycles. The van der Waals surface area contributed by atoms with Crippen LogP contribution in [-0.4, -0.2) is 47.7 Å². The summed E-state index contributed by atoms with van der Waals surface area (Å²) in [4.78, 5) is 29.0. The number of hydrogen-bond acceptors (Lipinski definition) is 4. The largest absolute Gasteiger partial charge is 0.385 e. The van der Waals surface area contributed by atoms with Crippen molar-refractivity contribution < 1.29 is 14.3 Å². The van der Waals surface area contributed by atoms with Crippen molar-refractivity contribution in [3.8, 4) is 0 Å². The van der Waals surface area contributed by atoms with Crippen LogP contribution in [0.5, 0.6) is 0 Å². The Bertz CT molecular complexity index is 566. The number of carbonyl (C=O) groups excluding carboxylic acids is 2. The van der Waals surface area contributed by atoms with Crippen LogP contribution in [0.25, 0.3) is 0 Å². The molecule has 1 aromatic rings. The summed E-state index contributed by atoms with van der Waals surface area (Å²) < 4.78 is 6.86. The molecule has 1 aromatic heterocycles. The Morgan fingerprint density at radius 3 is 2.78 bits per heavy atom. The van der Waals surface area contributed by atoms with Gasteiger partial charge >= 0.3 is 0 Å². The summed E-state index contributed by atoms with van der Waals surface area (Å²) in [6.45, 7) is 5.68. The fraction of sp³-hybridized carbons (Fsp3) is 0.688. The van der Waals surface area contributed by atoms with Crippen molar-refractivity contribution in [1.82, 2.24) is 20.2 Å². The van der Waals surface area contributed by atoms with Crippen molar-refractivity contribution in [2.45, 2.75) is 52.1 Å². The van der Waals surface area contributed by atoms with E-state index in [0.29, 0.717) is 24.7 Å². The summed E-state index contributed by atoms with van der Waals surface area (Å²) in [5.41, 5.74) is 1.26. The van der Waals surface area contributed by atoms with Gasteiger partial charge in [0.15, 0.2) is 5.82 Å². The van der Waals surface area contributed by atoms with E-state index < -0.39 is 0 Å². The average Bonchev–Trinajstić information content (AvgIpc) is 2.90. The second kappa shape index (κ2) is 8.10. The maximum Gasteiger partial charge on any atom is 0.287 e. The van der Waals surface area contributed by atoms with Gasteiger partial charge in [-0.05, 0) is 39.5 Å². The zero-order valence-corrected chi connectivity index (χ0v) is 14.1. The first-order valence-corrected chi connectivity index (χ1v) is 8.22. The molecule has 0 aromatic carbocycles. The van der Waals surface area contributed by atoms with E-state index in [1.54, 1.807) is 7.11 Å². The third kappa shape index (κ3) is 4.31. The van der Waals surface area contributed by atoms with E-state index in [1.165, 1.54) is 0 Å². The molecule has 0 saturated heterocycles. The molecule has 1 aliphatic rings. The first-order valence-electron chi connectivity index (χ1n) is 8.22. The third-order valence-electron chi connectivity index (χ3n) is 3.77. The molecule has 0 bridgehead atoms. The molecule has 2 heterocycles. The zero-order chi connectivity index (χ0) is 16.8. The van der Waals surface area contributed by atoms with E-state index in [1.807, 2.05) is 18.4 Å². The van der Waals surface area contributed by atoms with Gasteiger partial charge in [0, 0.05) is 32.8 Å². The summed E-state index contributed by atoms with van der Waals surface area (Å²) in [5, 5.41) is 5.70. The van der Waals surface area contributed by atoms with Gasteiger partial charge in [0.2, 0.25) is 0 Å². The number of methoxy groups -OCH3 is 1. The molecule has 0 fully saturated rings. The van der Waals surface area contributed by atoms with Crippen molar-refractivity contribution in [2.24, 2.45) is 0 Å². The van der Waals surface area contributed by atoms with Gasteiger partial charge in [-0.3, -0.25) is 9.59 Å². The first-order chi connectivity index (χ1) is 11.0. The van der Waals surface area contributed by atoms with E-state index in [9.17, 15) is 9.59 Å². The number of rotatable bonds is 7. The molecule has 0 radical (unpaired) electrons. The number of imidazole rings is 1. The summed E-state index contributed by atoms with van der Waals surface area (Å²) in [6.07, 6.45) is 3.54. The van der Waals surface area contributed by atoms with E-state index in [2.05, 4.69) is 15.6 Å². The van der Waals surface area contributed by atoms with Crippen LogP contribution >= 0.6 is 0 Å². The Morgan fingerprint density at radius 1 is 1.30 bits per heavy atom. The number of nitrogens with zero attached hydrogens (tertiary/aromatic N) is 2. The highest BCUT2D eigenvalue weighted by atomic mass is 16.5. The minimum Gasteiger partial charge on any atom is -0.385 e. The topological polar surface area (TPSA) is 85.2 Å². The van der Waals surface area contributed by atoms with Crippen LogP contribution < -0.4 is 10.6 Å². The minimum absolute atomic E-state index is 0.0327. The SMILES string of the molecule is COCCCNC(=O)c1nc(C(=O)NC(C)C)n2c1CCCC2. The van der Waals surface area contributed by atoms with Crippen LogP contribution in [0, 0.1) is 0 Å². The van der Waals surface area contributed by atoms with E-state index in [4.69, 9.17) is 4.74 Å². The van der Waals surface area contributed by atoms with Gasteiger partial charge in [0.05, 0.1) is 5.69 Å². The highest BCUT2D eigenvalue weighted by Crippen LogP contribution is 2.21. The van der Waals surface area contributed by atoms with Crippen molar-refractivity contribution in [3.05, 3.63) is 17.2 Å². The molecule has 2 N–H and O–H groups in total. The van der Waals surface area contributed by atoms with Crippen molar-refractivity contribution in [1.29, 1.82) is 0 Å². The monoisotopic (exact) mass is 322 g/mol. The maximum atomic E-state index is 12.4. The number of nitrogens with one attached hydrogen (secondary N) is 2. The number of fused-ring (bicyclic) bond motifs is 1. The van der Waals surface area contributed by atoms with Crippen molar-refractivity contribution >= 4 is 11.8 Å². The van der Waals surface area contributed by atoms with Gasteiger partial charge in [0.25, 0.3) is 11.8 Å². The molecule has 128 valence electrons. The maximum absolute atomic E-state index is 12.4. The quantitative estimate of drug-likeness (QED) is 0.737. The molecule has 2 amide bonds. The number of aromatic nitrogens is 2. The molecule has 23 heavy (non-hydrogen) atoms. The summed E-state index contributed by atoms with van der Waals surface area (Å²) in [6, 6.07) is 0.0327. The molecule has 7 nitrogen and oxygen atoms in total. The normalized spacial score (nSPS) is 13.7. The molecule has 2 rings (SSSR count). The van der Waals surface area contributed by atoms with Crippen LogP contribution in [0.1, 0.15) is 59.9 Å². The third-order valence-corrected chi connectivity index (χ3v) is 3.77. The minimum atomic E-state index is -0.221. The fourth-order valence-electron chi connectivity index (χ4n) is 2.73. The highest BCUT2D eigenvalue weighted by Gasteiger charge is 2.27. The Morgan fingerprint density at radius 2 is 2.09 bits per heavy atom. The van der Waals surface area contributed by atoms with Gasteiger partial charge < -0.3 is 19.9 Å². The lowest BCUT2D eigenvalue weighted by Gasteiger charge is -2.17. The Hall–Kier alpha value is -1.89. The Labute approximate surface area is 136 Å². The van der Waals surface area contributed by atoms with E-state index in [-0.39, 0.29) is 17.9 Å². The zero-order valence-electron chi connectivity index (χ0n) is 14.1. The molecule has 0 unspecified atom stereocenters. The number of ether oxygens (including phenoxy) is 1. The van der Waals surface area contributed by atoms with Gasteiger partial charge in [-0.15, -0.1) is 0 Å². The number of amides is 2. The van der Waals surface area contributed by atoms with Gasteiger partial charge in [-0.1, -0.05) is 0 Å². The summed E-state index contributed by atoms with van der Waals surface area (Å²) >= 11 is 0. The van der Waals surface area contributed by atoms with Crippen LogP contribution in [-0.2, 0) is 17.7 Å². The predicted molar refractivity (Wildman–Crippen MR) is 86.6 cm³/mol. The number of carbonyl (C=O) groups is 2. The van der Waals surface area contributed by atoms with Crippen LogP contribution in [0.3, 0.4) is 0 Å². The molecule has 7 heteroatoms. The van der Waals surface area contributed by atoms with Gasteiger partial charge in [-0.25, -0.2) is 4.98 Å².